The molecule has 4 rings (SSSR count). The molecule has 2 heterocycles. The van der Waals surface area contributed by atoms with E-state index in [1.807, 2.05) is 44.3 Å². The van der Waals surface area contributed by atoms with Gasteiger partial charge >= 0.3 is 0 Å². The van der Waals surface area contributed by atoms with E-state index in [4.69, 9.17) is 4.74 Å². The summed E-state index contributed by atoms with van der Waals surface area (Å²) in [5, 5.41) is 1.05. The topological polar surface area (TPSA) is 68.6 Å². The molecule has 2 aromatic carbocycles. The van der Waals surface area contributed by atoms with Crippen molar-refractivity contribution in [3.8, 4) is 5.75 Å². The van der Waals surface area contributed by atoms with E-state index in [0.717, 1.165) is 29.2 Å². The molecule has 1 saturated heterocycles. The molecule has 6 nitrogen and oxygen atoms in total. The van der Waals surface area contributed by atoms with Gasteiger partial charge in [-0.3, -0.25) is 0 Å². The van der Waals surface area contributed by atoms with Gasteiger partial charge in [0.05, 0.1) is 11.0 Å². The van der Waals surface area contributed by atoms with E-state index >= 15 is 0 Å². The minimum atomic E-state index is -3.57. The Hall–Kier alpha value is -2.64. The second-order valence-corrected chi connectivity index (χ2v) is 9.83. The number of hydrogen-bond acceptors (Lipinski definition) is 4. The number of carbonyl (C=O) groups is 1. The lowest BCUT2D eigenvalue weighted by molar-refractivity contribution is -0.107. The fourth-order valence-electron chi connectivity index (χ4n) is 4.10. The van der Waals surface area contributed by atoms with Gasteiger partial charge in [-0.2, -0.15) is 4.31 Å². The molecule has 0 bridgehead atoms. The second-order valence-electron chi connectivity index (χ2n) is 7.89. The third kappa shape index (κ3) is 3.87. The van der Waals surface area contributed by atoms with Crippen LogP contribution in [0.4, 0.5) is 0 Å². The Labute approximate surface area is 177 Å². The van der Waals surface area contributed by atoms with Crippen LogP contribution in [0.1, 0.15) is 31.9 Å². The molecule has 0 spiro atoms. The van der Waals surface area contributed by atoms with Crippen LogP contribution in [0, 0.1) is 0 Å². The van der Waals surface area contributed by atoms with Crippen molar-refractivity contribution in [3.05, 3.63) is 60.3 Å². The quantitative estimate of drug-likeness (QED) is 0.539. The maximum atomic E-state index is 13.1. The summed E-state index contributed by atoms with van der Waals surface area (Å²) in [6.07, 6.45) is 4.02. The molecule has 158 valence electrons. The minimum absolute atomic E-state index is 0.0345. The fraction of sp³-hybridized carbons (Fsp3) is 0.348. The summed E-state index contributed by atoms with van der Waals surface area (Å²) in [4.78, 5) is 11.3. The summed E-state index contributed by atoms with van der Waals surface area (Å²) >= 11 is 0. The maximum absolute atomic E-state index is 13.1. The molecule has 0 amide bonds. The Kier molecular flexibility index (Phi) is 5.66. The SMILES string of the molecule is CC(C)Oc1ccc(S(=O)(=O)N2CC[C@@H](n3cc(CC=O)c4ccccc43)C2)cc1. The lowest BCUT2D eigenvalue weighted by atomic mass is 10.1. The van der Waals surface area contributed by atoms with Crippen LogP contribution >= 0.6 is 0 Å². The predicted molar refractivity (Wildman–Crippen MR) is 116 cm³/mol. The average Bonchev–Trinajstić information content (AvgIpc) is 3.34. The van der Waals surface area contributed by atoms with Gasteiger partial charge in [0.25, 0.3) is 0 Å². The normalized spacial score (nSPS) is 17.6. The molecule has 1 atom stereocenters. The molecule has 30 heavy (non-hydrogen) atoms. The zero-order chi connectivity index (χ0) is 21.3. The molecule has 1 fully saturated rings. The van der Waals surface area contributed by atoms with E-state index in [9.17, 15) is 13.2 Å². The Balaban J connectivity index is 1.57. The van der Waals surface area contributed by atoms with Crippen LogP contribution in [0.3, 0.4) is 0 Å². The molecule has 0 unspecified atom stereocenters. The zero-order valence-electron chi connectivity index (χ0n) is 17.2. The van der Waals surface area contributed by atoms with Crippen molar-refractivity contribution < 1.29 is 17.9 Å². The van der Waals surface area contributed by atoms with E-state index < -0.39 is 10.0 Å². The molecule has 1 aliphatic rings. The second kappa shape index (κ2) is 8.24. The minimum Gasteiger partial charge on any atom is -0.491 e. The molecule has 0 N–H and O–H groups in total. The van der Waals surface area contributed by atoms with E-state index in [1.165, 1.54) is 0 Å². The number of ether oxygens (including phenoxy) is 1. The highest BCUT2D eigenvalue weighted by atomic mass is 32.2. The number of rotatable bonds is 7. The fourth-order valence-corrected chi connectivity index (χ4v) is 5.59. The summed E-state index contributed by atoms with van der Waals surface area (Å²) < 4.78 is 35.6. The first-order chi connectivity index (χ1) is 14.4. The maximum Gasteiger partial charge on any atom is 0.243 e. The van der Waals surface area contributed by atoms with Gasteiger partial charge in [0.15, 0.2) is 0 Å². The monoisotopic (exact) mass is 426 g/mol. The number of nitrogens with zero attached hydrogens (tertiary/aromatic N) is 2. The van der Waals surface area contributed by atoms with Gasteiger partial charge in [0.1, 0.15) is 12.0 Å². The molecular formula is C23H26N2O4S. The van der Waals surface area contributed by atoms with Crippen molar-refractivity contribution in [2.24, 2.45) is 0 Å². The van der Waals surface area contributed by atoms with Crippen molar-refractivity contribution >= 4 is 27.2 Å². The molecule has 7 heteroatoms. The number of benzene rings is 2. The van der Waals surface area contributed by atoms with Gasteiger partial charge < -0.3 is 14.1 Å². The molecule has 0 saturated carbocycles. The van der Waals surface area contributed by atoms with Crippen LogP contribution in [0.15, 0.2) is 59.6 Å². The predicted octanol–water partition coefficient (Wildman–Crippen LogP) is 3.81. The molecule has 1 aromatic heterocycles. The number of hydrogen-bond donors (Lipinski definition) is 0. The first-order valence-corrected chi connectivity index (χ1v) is 11.6. The summed E-state index contributed by atoms with van der Waals surface area (Å²) in [5.74, 6) is 0.657. The van der Waals surface area contributed by atoms with Crippen LogP contribution in [-0.4, -0.2) is 42.8 Å². The summed E-state index contributed by atoms with van der Waals surface area (Å²) in [6, 6.07) is 14.6. The lowest BCUT2D eigenvalue weighted by Crippen LogP contribution is -2.29. The molecule has 0 aliphatic carbocycles. The van der Waals surface area contributed by atoms with Gasteiger partial charge in [-0.05, 0) is 56.2 Å². The largest absolute Gasteiger partial charge is 0.491 e. The molecule has 0 radical (unpaired) electrons. The van der Waals surface area contributed by atoms with Gasteiger partial charge in [0, 0.05) is 42.7 Å². The van der Waals surface area contributed by atoms with Gasteiger partial charge in [0.2, 0.25) is 10.0 Å². The van der Waals surface area contributed by atoms with E-state index in [0.29, 0.717) is 25.3 Å². The summed E-state index contributed by atoms with van der Waals surface area (Å²) in [7, 11) is -3.57. The van der Waals surface area contributed by atoms with Gasteiger partial charge in [-0.15, -0.1) is 0 Å². The third-order valence-corrected chi connectivity index (χ3v) is 7.36. The number of fused-ring (bicyclic) bond motifs is 1. The van der Waals surface area contributed by atoms with Crippen LogP contribution in [0.2, 0.25) is 0 Å². The first-order valence-electron chi connectivity index (χ1n) is 10.2. The van der Waals surface area contributed by atoms with Crippen molar-refractivity contribution in [3.63, 3.8) is 0 Å². The molecule has 3 aromatic rings. The number of carbonyl (C=O) groups excluding carboxylic acids is 1. The smallest absolute Gasteiger partial charge is 0.243 e. The van der Waals surface area contributed by atoms with Gasteiger partial charge in [-0.25, -0.2) is 8.42 Å². The van der Waals surface area contributed by atoms with E-state index in [2.05, 4.69) is 4.57 Å². The highest BCUT2D eigenvalue weighted by Gasteiger charge is 2.34. The average molecular weight is 427 g/mol. The van der Waals surface area contributed by atoms with Crippen LogP contribution in [-0.2, 0) is 21.2 Å². The van der Waals surface area contributed by atoms with Crippen molar-refractivity contribution in [2.45, 2.75) is 43.7 Å². The Morgan fingerprint density at radius 3 is 2.57 bits per heavy atom. The van der Waals surface area contributed by atoms with Crippen LogP contribution < -0.4 is 4.74 Å². The number of sulfonamides is 1. The lowest BCUT2D eigenvalue weighted by Gasteiger charge is -2.18. The standard InChI is InChI=1S/C23H26N2O4S/c1-17(2)29-20-7-9-21(10-8-20)30(27,28)24-13-11-19(16-24)25-15-18(12-14-26)22-5-3-4-6-23(22)25/h3-10,14-15,17,19H,11-13,16H2,1-2H3/t19-/m1/s1. The number of aromatic nitrogens is 1. The van der Waals surface area contributed by atoms with Crippen LogP contribution in [0.5, 0.6) is 5.75 Å². The summed E-state index contributed by atoms with van der Waals surface area (Å²) in [5.41, 5.74) is 2.01. The number of aldehydes is 1. The zero-order valence-corrected chi connectivity index (χ0v) is 18.0. The Morgan fingerprint density at radius 2 is 1.87 bits per heavy atom. The highest BCUT2D eigenvalue weighted by Crippen LogP contribution is 2.32. The van der Waals surface area contributed by atoms with Gasteiger partial charge in [-0.1, -0.05) is 18.2 Å². The van der Waals surface area contributed by atoms with Crippen molar-refractivity contribution in [2.75, 3.05) is 13.1 Å². The molecular weight excluding hydrogens is 400 g/mol. The van der Waals surface area contributed by atoms with Crippen molar-refractivity contribution in [1.82, 2.24) is 8.87 Å². The van der Waals surface area contributed by atoms with Crippen LogP contribution in [0.25, 0.3) is 10.9 Å². The van der Waals surface area contributed by atoms with E-state index in [1.54, 1.807) is 28.6 Å². The Morgan fingerprint density at radius 1 is 1.13 bits per heavy atom. The highest BCUT2D eigenvalue weighted by molar-refractivity contribution is 7.89. The Bertz CT molecular complexity index is 1150. The summed E-state index contributed by atoms with van der Waals surface area (Å²) in [6.45, 7) is 4.74. The van der Waals surface area contributed by atoms with Crippen molar-refractivity contribution in [1.29, 1.82) is 0 Å². The van der Waals surface area contributed by atoms with E-state index in [-0.39, 0.29) is 17.0 Å². The first kappa shape index (κ1) is 20.6. The number of para-hydroxylation sites is 1. The third-order valence-electron chi connectivity index (χ3n) is 5.48. The molecule has 1 aliphatic heterocycles.